The van der Waals surface area contributed by atoms with Crippen LogP contribution in [0, 0.1) is 6.42 Å². The third kappa shape index (κ3) is 11.7. The predicted octanol–water partition coefficient (Wildman–Crippen LogP) is 5.30. The fraction of sp³-hybridized carbons (Fsp3) is 0.786. The molecule has 0 nitrogen and oxygen atoms in total. The summed E-state index contributed by atoms with van der Waals surface area (Å²) in [4.78, 5) is 0. The Balaban J connectivity index is 2.94. The van der Waals surface area contributed by atoms with Crippen LogP contribution < -0.4 is 0 Å². The van der Waals surface area contributed by atoms with Gasteiger partial charge in [0.15, 0.2) is 0 Å². The first-order valence-electron chi connectivity index (χ1n) is 6.34. The third-order valence-corrected chi connectivity index (χ3v) is 2.50. The first-order valence-corrected chi connectivity index (χ1v) is 6.34. The van der Waals surface area contributed by atoms with Crippen LogP contribution in [-0.2, 0) is 0 Å². The molecule has 0 saturated carbocycles. The average molecular weight is 195 g/mol. The summed E-state index contributed by atoms with van der Waals surface area (Å²) in [6.07, 6.45) is 19.1. The summed E-state index contributed by atoms with van der Waals surface area (Å²) in [6.45, 7) is 4.40. The molecule has 0 spiro atoms. The number of hydrogen-bond acceptors (Lipinski definition) is 0. The van der Waals surface area contributed by atoms with Gasteiger partial charge in [0.25, 0.3) is 0 Å². The van der Waals surface area contributed by atoms with E-state index in [9.17, 15) is 0 Å². The van der Waals surface area contributed by atoms with Gasteiger partial charge < -0.3 is 0 Å². The first-order chi connectivity index (χ1) is 6.91. The molecule has 0 aliphatic rings. The largest absolute Gasteiger partial charge is 0.0885 e. The van der Waals surface area contributed by atoms with Gasteiger partial charge in [0.05, 0.1) is 0 Å². The molecule has 0 N–H and O–H groups in total. The number of allylic oxidation sites excluding steroid dienone is 2. The Hall–Kier alpha value is -0.260. The molecule has 0 aromatic heterocycles. The van der Waals surface area contributed by atoms with Gasteiger partial charge in [0, 0.05) is 0 Å². The number of rotatable bonds is 10. The first kappa shape index (κ1) is 13.7. The second-order valence-corrected chi connectivity index (χ2v) is 4.01. The van der Waals surface area contributed by atoms with Gasteiger partial charge in [-0.3, -0.25) is 0 Å². The molecule has 0 heterocycles. The van der Waals surface area contributed by atoms with Crippen LogP contribution in [0.1, 0.15) is 71.6 Å². The summed E-state index contributed by atoms with van der Waals surface area (Å²) in [6, 6.07) is 0. The van der Waals surface area contributed by atoms with Crippen molar-refractivity contribution < 1.29 is 0 Å². The zero-order valence-corrected chi connectivity index (χ0v) is 10.1. The van der Waals surface area contributed by atoms with Gasteiger partial charge in [-0.05, 0) is 25.7 Å². The van der Waals surface area contributed by atoms with E-state index in [1.807, 2.05) is 0 Å². The van der Waals surface area contributed by atoms with Crippen LogP contribution in [0.3, 0.4) is 0 Å². The van der Waals surface area contributed by atoms with Crippen molar-refractivity contribution in [1.82, 2.24) is 0 Å². The highest BCUT2D eigenvalue weighted by Gasteiger charge is 1.87. The Morgan fingerprint density at radius 2 is 1.29 bits per heavy atom. The van der Waals surface area contributed by atoms with Crippen LogP contribution in [0.2, 0.25) is 0 Å². The topological polar surface area (TPSA) is 0 Å². The lowest BCUT2D eigenvalue weighted by Crippen LogP contribution is -1.78. The van der Waals surface area contributed by atoms with E-state index in [0.717, 1.165) is 0 Å². The molecule has 0 fully saturated rings. The summed E-state index contributed by atoms with van der Waals surface area (Å²) in [5.74, 6) is 0. The monoisotopic (exact) mass is 195 g/mol. The molecule has 0 heteroatoms. The van der Waals surface area contributed by atoms with Gasteiger partial charge in [0.2, 0.25) is 0 Å². The predicted molar refractivity (Wildman–Crippen MR) is 66.3 cm³/mol. The van der Waals surface area contributed by atoms with E-state index >= 15 is 0 Å². The minimum atomic E-state index is 1.28. The Labute approximate surface area is 90.8 Å². The molecule has 0 aliphatic carbocycles. The van der Waals surface area contributed by atoms with Crippen LogP contribution >= 0.6 is 0 Å². The third-order valence-electron chi connectivity index (χ3n) is 2.50. The van der Waals surface area contributed by atoms with Crippen molar-refractivity contribution in [3.8, 4) is 0 Å². The van der Waals surface area contributed by atoms with Gasteiger partial charge in [-0.1, -0.05) is 64.5 Å². The Morgan fingerprint density at radius 1 is 0.714 bits per heavy atom. The molecule has 0 bridgehead atoms. The van der Waals surface area contributed by atoms with Crippen LogP contribution in [0.25, 0.3) is 0 Å². The van der Waals surface area contributed by atoms with E-state index in [-0.39, 0.29) is 0 Å². The summed E-state index contributed by atoms with van der Waals surface area (Å²) in [7, 11) is 0. The van der Waals surface area contributed by atoms with Crippen molar-refractivity contribution >= 4 is 0 Å². The zero-order valence-electron chi connectivity index (χ0n) is 10.1. The van der Waals surface area contributed by atoms with Crippen LogP contribution in [0.15, 0.2) is 12.2 Å². The van der Waals surface area contributed by atoms with Crippen molar-refractivity contribution in [3.63, 3.8) is 0 Å². The van der Waals surface area contributed by atoms with E-state index in [4.69, 9.17) is 0 Å². The highest BCUT2D eigenvalue weighted by molar-refractivity contribution is 4.81. The molecular weight excluding hydrogens is 168 g/mol. The van der Waals surface area contributed by atoms with Gasteiger partial charge >= 0.3 is 0 Å². The number of unbranched alkanes of at least 4 members (excludes halogenated alkanes) is 8. The van der Waals surface area contributed by atoms with Gasteiger partial charge in [0.1, 0.15) is 0 Å². The quantitative estimate of drug-likeness (QED) is 0.328. The Bertz CT molecular complexity index is 113. The van der Waals surface area contributed by atoms with E-state index in [2.05, 4.69) is 32.4 Å². The van der Waals surface area contributed by atoms with Crippen LogP contribution in [-0.4, -0.2) is 0 Å². The molecule has 0 unspecified atom stereocenters. The molecule has 0 aliphatic heterocycles. The smallest absolute Gasteiger partial charge is 0.0351 e. The maximum atomic E-state index is 2.36. The Kier molecular flexibility index (Phi) is 12.5. The minimum Gasteiger partial charge on any atom is -0.0885 e. The van der Waals surface area contributed by atoms with Crippen molar-refractivity contribution in [3.05, 3.63) is 18.6 Å². The second-order valence-electron chi connectivity index (χ2n) is 4.01. The van der Waals surface area contributed by atoms with E-state index in [0.29, 0.717) is 0 Å². The summed E-state index contributed by atoms with van der Waals surface area (Å²) in [5.41, 5.74) is 0. The van der Waals surface area contributed by atoms with Gasteiger partial charge in [-0.25, -0.2) is 0 Å². The maximum Gasteiger partial charge on any atom is -0.0351 e. The number of hydrogen-bond donors (Lipinski definition) is 0. The highest BCUT2D eigenvalue weighted by Crippen LogP contribution is 2.07. The lowest BCUT2D eigenvalue weighted by Gasteiger charge is -1.97. The van der Waals surface area contributed by atoms with Crippen LogP contribution in [0.5, 0.6) is 0 Å². The summed E-state index contributed by atoms with van der Waals surface area (Å²) in [5, 5.41) is 0. The van der Waals surface area contributed by atoms with Crippen LogP contribution in [0.4, 0.5) is 0 Å². The normalized spacial score (nSPS) is 11.3. The molecule has 0 aromatic rings. The van der Waals surface area contributed by atoms with E-state index in [1.165, 1.54) is 57.8 Å². The minimum absolute atomic E-state index is 1.28. The Morgan fingerprint density at radius 3 is 1.86 bits per heavy atom. The fourth-order valence-corrected chi connectivity index (χ4v) is 1.52. The van der Waals surface area contributed by atoms with Gasteiger partial charge in [-0.15, -0.1) is 0 Å². The summed E-state index contributed by atoms with van der Waals surface area (Å²) < 4.78 is 0. The molecule has 0 rings (SSSR count). The van der Waals surface area contributed by atoms with Crippen molar-refractivity contribution in [1.29, 1.82) is 0 Å². The molecular formula is C14H27. The maximum absolute atomic E-state index is 2.36. The van der Waals surface area contributed by atoms with E-state index in [1.54, 1.807) is 0 Å². The molecule has 14 heavy (non-hydrogen) atoms. The SMILES string of the molecule is C[CH]CCCCCCC=CCCCC. The van der Waals surface area contributed by atoms with Gasteiger partial charge in [-0.2, -0.15) is 0 Å². The average Bonchev–Trinajstić information content (AvgIpc) is 2.21. The molecule has 0 atom stereocenters. The van der Waals surface area contributed by atoms with Crippen molar-refractivity contribution in [2.75, 3.05) is 0 Å². The summed E-state index contributed by atoms with van der Waals surface area (Å²) >= 11 is 0. The molecule has 83 valence electrons. The molecule has 0 aromatic carbocycles. The molecule has 0 amide bonds. The second kappa shape index (κ2) is 12.7. The van der Waals surface area contributed by atoms with E-state index < -0.39 is 0 Å². The highest BCUT2D eigenvalue weighted by atomic mass is 13.9. The lowest BCUT2D eigenvalue weighted by atomic mass is 10.1. The molecule has 1 radical (unpaired) electrons. The fourth-order valence-electron chi connectivity index (χ4n) is 1.52. The zero-order chi connectivity index (χ0) is 10.5. The standard InChI is InChI=1S/C14H27/c1-3-5-7-9-11-13-14-12-10-8-6-4-2/h3,10,12H,4-9,11,13-14H2,1-2H3. The van der Waals surface area contributed by atoms with Crippen molar-refractivity contribution in [2.24, 2.45) is 0 Å². The molecule has 0 saturated heterocycles. The lowest BCUT2D eigenvalue weighted by molar-refractivity contribution is 0.642. The van der Waals surface area contributed by atoms with Crippen molar-refractivity contribution in [2.45, 2.75) is 71.6 Å².